The molecular weight excluding hydrogens is 220 g/mol. The summed E-state index contributed by atoms with van der Waals surface area (Å²) in [4.78, 5) is 14.3. The average molecular weight is 240 g/mol. The second-order valence-electron chi connectivity index (χ2n) is 5.41. The SMILES string of the molecule is NC1CCC2CN(C(=O)C3CCCS3)CC12. The zero-order valence-corrected chi connectivity index (χ0v) is 10.4. The van der Waals surface area contributed by atoms with Gasteiger partial charge in [0, 0.05) is 19.1 Å². The fourth-order valence-corrected chi connectivity index (χ4v) is 4.71. The van der Waals surface area contributed by atoms with Gasteiger partial charge in [0.1, 0.15) is 0 Å². The van der Waals surface area contributed by atoms with Crippen molar-refractivity contribution in [3.8, 4) is 0 Å². The maximum Gasteiger partial charge on any atom is 0.235 e. The first-order valence-electron chi connectivity index (χ1n) is 6.41. The molecule has 2 saturated heterocycles. The van der Waals surface area contributed by atoms with E-state index < -0.39 is 0 Å². The van der Waals surface area contributed by atoms with Crippen LogP contribution in [0.3, 0.4) is 0 Å². The minimum Gasteiger partial charge on any atom is -0.341 e. The molecule has 16 heavy (non-hydrogen) atoms. The van der Waals surface area contributed by atoms with Crippen molar-refractivity contribution >= 4 is 17.7 Å². The highest BCUT2D eigenvalue weighted by Gasteiger charge is 2.43. The molecule has 2 N–H and O–H groups in total. The molecule has 2 aliphatic heterocycles. The summed E-state index contributed by atoms with van der Waals surface area (Å²) >= 11 is 1.84. The lowest BCUT2D eigenvalue weighted by Crippen LogP contribution is -2.37. The minimum atomic E-state index is 0.259. The number of nitrogens with two attached hydrogens (primary N) is 1. The van der Waals surface area contributed by atoms with Crippen molar-refractivity contribution in [2.24, 2.45) is 17.6 Å². The number of rotatable bonds is 1. The highest BCUT2D eigenvalue weighted by atomic mass is 32.2. The van der Waals surface area contributed by atoms with Gasteiger partial charge in [0.25, 0.3) is 0 Å². The molecule has 4 unspecified atom stereocenters. The topological polar surface area (TPSA) is 46.3 Å². The van der Waals surface area contributed by atoms with Crippen molar-refractivity contribution in [1.82, 2.24) is 4.90 Å². The molecule has 3 aliphatic rings. The summed E-state index contributed by atoms with van der Waals surface area (Å²) in [5.74, 6) is 2.85. The standard InChI is InChI=1S/C12H20N2OS/c13-10-4-3-8-6-14(7-9(8)10)12(15)11-2-1-5-16-11/h8-11H,1-7,13H2. The van der Waals surface area contributed by atoms with Gasteiger partial charge in [0.15, 0.2) is 0 Å². The Kier molecular flexibility index (Phi) is 2.88. The molecule has 0 aromatic heterocycles. The van der Waals surface area contributed by atoms with E-state index in [4.69, 9.17) is 5.73 Å². The maximum absolute atomic E-state index is 12.2. The van der Waals surface area contributed by atoms with Crippen molar-refractivity contribution in [2.75, 3.05) is 18.8 Å². The summed E-state index contributed by atoms with van der Waals surface area (Å²) in [6, 6.07) is 0.346. The van der Waals surface area contributed by atoms with E-state index in [9.17, 15) is 4.79 Å². The van der Waals surface area contributed by atoms with Crippen LogP contribution in [-0.2, 0) is 4.79 Å². The van der Waals surface area contributed by atoms with Gasteiger partial charge in [-0.2, -0.15) is 0 Å². The predicted octanol–water partition coefficient (Wildman–Crippen LogP) is 1.08. The zero-order chi connectivity index (χ0) is 11.1. The van der Waals surface area contributed by atoms with E-state index in [0.717, 1.165) is 31.7 Å². The summed E-state index contributed by atoms with van der Waals surface area (Å²) in [6.07, 6.45) is 4.69. The Bertz CT molecular complexity index is 291. The Morgan fingerprint density at radius 3 is 2.81 bits per heavy atom. The molecule has 0 bridgehead atoms. The van der Waals surface area contributed by atoms with E-state index in [1.807, 2.05) is 11.8 Å². The molecule has 0 radical (unpaired) electrons. The van der Waals surface area contributed by atoms with E-state index in [0.29, 0.717) is 23.8 Å². The van der Waals surface area contributed by atoms with Crippen LogP contribution in [0.4, 0.5) is 0 Å². The lowest BCUT2D eigenvalue weighted by molar-refractivity contribution is -0.129. The van der Waals surface area contributed by atoms with Crippen molar-refractivity contribution in [3.63, 3.8) is 0 Å². The normalized spacial score (nSPS) is 42.7. The first kappa shape index (κ1) is 10.9. The third kappa shape index (κ3) is 1.76. The molecule has 2 heterocycles. The molecule has 0 spiro atoms. The van der Waals surface area contributed by atoms with Crippen molar-refractivity contribution in [2.45, 2.75) is 37.0 Å². The molecule has 0 aromatic rings. The zero-order valence-electron chi connectivity index (χ0n) is 9.60. The molecule has 1 amide bonds. The molecule has 3 nitrogen and oxygen atoms in total. The number of nitrogens with zero attached hydrogens (tertiary/aromatic N) is 1. The highest BCUT2D eigenvalue weighted by molar-refractivity contribution is 8.00. The van der Waals surface area contributed by atoms with Crippen LogP contribution in [0.1, 0.15) is 25.7 Å². The molecule has 0 aromatic carbocycles. The molecule has 3 rings (SSSR count). The largest absolute Gasteiger partial charge is 0.341 e. The highest BCUT2D eigenvalue weighted by Crippen LogP contribution is 2.38. The first-order valence-corrected chi connectivity index (χ1v) is 7.46. The van der Waals surface area contributed by atoms with E-state index in [1.165, 1.54) is 12.8 Å². The molecule has 1 aliphatic carbocycles. The van der Waals surface area contributed by atoms with E-state index >= 15 is 0 Å². The summed E-state index contributed by atoms with van der Waals surface area (Å²) in [5.41, 5.74) is 6.09. The Morgan fingerprint density at radius 1 is 1.25 bits per heavy atom. The number of amides is 1. The van der Waals surface area contributed by atoms with Crippen LogP contribution in [0.2, 0.25) is 0 Å². The summed E-state index contributed by atoms with van der Waals surface area (Å²) in [7, 11) is 0. The number of hydrogen-bond acceptors (Lipinski definition) is 3. The van der Waals surface area contributed by atoms with Crippen LogP contribution in [0.25, 0.3) is 0 Å². The monoisotopic (exact) mass is 240 g/mol. The third-order valence-corrected chi connectivity index (χ3v) is 5.79. The number of carbonyl (C=O) groups excluding carboxylic acids is 1. The summed E-state index contributed by atoms with van der Waals surface area (Å²) < 4.78 is 0. The van der Waals surface area contributed by atoms with Gasteiger partial charge in [-0.1, -0.05) is 0 Å². The van der Waals surface area contributed by atoms with Gasteiger partial charge < -0.3 is 10.6 Å². The maximum atomic E-state index is 12.2. The van der Waals surface area contributed by atoms with Gasteiger partial charge in [0.05, 0.1) is 5.25 Å². The third-order valence-electron chi connectivity index (χ3n) is 4.43. The average Bonchev–Trinajstić information content (AvgIpc) is 2.96. The van der Waals surface area contributed by atoms with Crippen LogP contribution < -0.4 is 5.73 Å². The number of hydrogen-bond donors (Lipinski definition) is 1. The molecule has 4 atom stereocenters. The van der Waals surface area contributed by atoms with Gasteiger partial charge in [0.2, 0.25) is 5.91 Å². The number of thioether (sulfide) groups is 1. The fraction of sp³-hybridized carbons (Fsp3) is 0.917. The minimum absolute atomic E-state index is 0.259. The van der Waals surface area contributed by atoms with Crippen LogP contribution in [0, 0.1) is 11.8 Å². The summed E-state index contributed by atoms with van der Waals surface area (Å²) in [6.45, 7) is 1.91. The number of likely N-dealkylation sites (tertiary alicyclic amines) is 1. The van der Waals surface area contributed by atoms with Crippen LogP contribution >= 0.6 is 11.8 Å². The molecule has 4 heteroatoms. The first-order chi connectivity index (χ1) is 7.75. The van der Waals surface area contributed by atoms with E-state index in [2.05, 4.69) is 4.90 Å². The van der Waals surface area contributed by atoms with Crippen LogP contribution in [0.5, 0.6) is 0 Å². The predicted molar refractivity (Wildman–Crippen MR) is 66.2 cm³/mol. The Hall–Kier alpha value is -0.220. The van der Waals surface area contributed by atoms with Gasteiger partial charge >= 0.3 is 0 Å². The Morgan fingerprint density at radius 2 is 2.12 bits per heavy atom. The number of fused-ring (bicyclic) bond motifs is 1. The second-order valence-corrected chi connectivity index (χ2v) is 6.72. The van der Waals surface area contributed by atoms with Crippen LogP contribution in [-0.4, -0.2) is 40.9 Å². The smallest absolute Gasteiger partial charge is 0.235 e. The Labute approximate surface area is 101 Å². The van der Waals surface area contributed by atoms with Gasteiger partial charge in [-0.05, 0) is 43.3 Å². The van der Waals surface area contributed by atoms with Crippen molar-refractivity contribution in [3.05, 3.63) is 0 Å². The lowest BCUT2D eigenvalue weighted by Gasteiger charge is -2.21. The van der Waals surface area contributed by atoms with E-state index in [1.54, 1.807) is 0 Å². The van der Waals surface area contributed by atoms with Crippen LogP contribution in [0.15, 0.2) is 0 Å². The van der Waals surface area contributed by atoms with E-state index in [-0.39, 0.29) is 5.25 Å². The molecular formula is C12H20N2OS. The van der Waals surface area contributed by atoms with Gasteiger partial charge in [-0.3, -0.25) is 4.79 Å². The molecule has 90 valence electrons. The quantitative estimate of drug-likeness (QED) is 0.746. The number of carbonyl (C=O) groups is 1. The van der Waals surface area contributed by atoms with Crippen molar-refractivity contribution in [1.29, 1.82) is 0 Å². The lowest BCUT2D eigenvalue weighted by atomic mass is 9.98. The summed E-state index contributed by atoms with van der Waals surface area (Å²) in [5, 5.41) is 0.259. The van der Waals surface area contributed by atoms with Gasteiger partial charge in [-0.25, -0.2) is 0 Å². The van der Waals surface area contributed by atoms with Gasteiger partial charge in [-0.15, -0.1) is 11.8 Å². The van der Waals surface area contributed by atoms with Crippen molar-refractivity contribution < 1.29 is 4.79 Å². The second kappa shape index (κ2) is 4.22. The Balaban J connectivity index is 1.63. The fourth-order valence-electron chi connectivity index (χ4n) is 3.46. The molecule has 3 fully saturated rings. The molecule has 1 saturated carbocycles.